The first kappa shape index (κ1) is 29.2. The molecular weight excluding hydrogens is 493 g/mol. The van der Waals surface area contributed by atoms with E-state index in [4.69, 9.17) is 9.90 Å². The largest absolute Gasteiger partial charge is 0.490 e. The fourth-order valence-corrected chi connectivity index (χ4v) is 6.78. The average molecular weight is 533 g/mol. The molecule has 1 saturated heterocycles. The van der Waals surface area contributed by atoms with Gasteiger partial charge in [-0.25, -0.2) is 4.79 Å². The number of carbonyl (C=O) groups is 4. The van der Waals surface area contributed by atoms with Crippen molar-refractivity contribution in [3.63, 3.8) is 0 Å². The maximum atomic E-state index is 12.8. The van der Waals surface area contributed by atoms with Crippen molar-refractivity contribution in [2.75, 3.05) is 13.1 Å². The third kappa shape index (κ3) is 8.31. The van der Waals surface area contributed by atoms with Crippen molar-refractivity contribution in [2.45, 2.75) is 95.4 Å². The predicted molar refractivity (Wildman–Crippen MR) is 128 cm³/mol. The summed E-state index contributed by atoms with van der Waals surface area (Å²) in [5.41, 5.74) is -0.0454. The Morgan fingerprint density at radius 2 is 1.57 bits per heavy atom. The van der Waals surface area contributed by atoms with Crippen LogP contribution in [0.5, 0.6) is 0 Å². The van der Waals surface area contributed by atoms with Crippen LogP contribution in [-0.4, -0.2) is 65.7 Å². The van der Waals surface area contributed by atoms with Crippen LogP contribution in [0.3, 0.4) is 0 Å². The number of rotatable bonds is 8. The molecule has 1 aliphatic heterocycles. The first-order valence-corrected chi connectivity index (χ1v) is 13.2. The third-order valence-corrected chi connectivity index (χ3v) is 7.83. The molecule has 5 fully saturated rings. The minimum atomic E-state index is -5.08. The summed E-state index contributed by atoms with van der Waals surface area (Å²) in [5, 5.41) is 19.3. The maximum Gasteiger partial charge on any atom is 0.490 e. The van der Waals surface area contributed by atoms with Crippen molar-refractivity contribution in [1.82, 2.24) is 21.3 Å². The Labute approximate surface area is 215 Å². The number of carboxylic acids is 1. The quantitative estimate of drug-likeness (QED) is 0.325. The highest BCUT2D eigenvalue weighted by molar-refractivity contribution is 5.92. The highest BCUT2D eigenvalue weighted by atomic mass is 19.4. The van der Waals surface area contributed by atoms with Crippen molar-refractivity contribution >= 4 is 23.7 Å². The molecule has 12 heteroatoms. The van der Waals surface area contributed by atoms with Crippen LogP contribution in [0.4, 0.5) is 13.2 Å². The fraction of sp³-hybridized carbons (Fsp3) is 0.840. The second-order valence-electron chi connectivity index (χ2n) is 11.6. The molecule has 210 valence electrons. The Kier molecular flexibility index (Phi) is 9.47. The van der Waals surface area contributed by atoms with Gasteiger partial charge >= 0.3 is 12.1 Å². The molecule has 5 aliphatic rings. The SMILES string of the molecule is CC(C)C[C@H](NC(=O)[C@@H]1CCCN1)C(=O)NCC(=O)NC12CC3CC(CC(C3)C1)C2.O=C(O)C(F)(F)F. The van der Waals surface area contributed by atoms with E-state index in [1.807, 2.05) is 13.8 Å². The van der Waals surface area contributed by atoms with Gasteiger partial charge in [-0.15, -0.1) is 0 Å². The lowest BCUT2D eigenvalue weighted by molar-refractivity contribution is -0.192. The summed E-state index contributed by atoms with van der Waals surface area (Å²) in [7, 11) is 0. The molecule has 4 aliphatic carbocycles. The van der Waals surface area contributed by atoms with Gasteiger partial charge in [-0.2, -0.15) is 13.2 Å². The van der Waals surface area contributed by atoms with Crippen LogP contribution >= 0.6 is 0 Å². The van der Waals surface area contributed by atoms with Gasteiger partial charge in [0.25, 0.3) is 0 Å². The second kappa shape index (κ2) is 12.0. The third-order valence-electron chi connectivity index (χ3n) is 7.83. The van der Waals surface area contributed by atoms with Gasteiger partial charge in [-0.1, -0.05) is 13.8 Å². The highest BCUT2D eigenvalue weighted by Gasteiger charge is 2.51. The molecule has 0 unspecified atom stereocenters. The van der Waals surface area contributed by atoms with Crippen LogP contribution in [0.1, 0.15) is 71.6 Å². The number of hydrogen-bond acceptors (Lipinski definition) is 5. The Balaban J connectivity index is 0.000000479. The normalized spacial score (nSPS) is 30.8. The van der Waals surface area contributed by atoms with E-state index in [1.54, 1.807) is 0 Å². The molecule has 0 spiro atoms. The molecule has 1 heterocycles. The van der Waals surface area contributed by atoms with Crippen LogP contribution in [-0.2, 0) is 19.2 Å². The number of carbonyl (C=O) groups excluding carboxylic acids is 3. The molecular formula is C25H39F3N4O5. The zero-order chi connectivity index (χ0) is 27.4. The van der Waals surface area contributed by atoms with E-state index in [9.17, 15) is 27.6 Å². The Morgan fingerprint density at radius 3 is 2.00 bits per heavy atom. The lowest BCUT2D eigenvalue weighted by Crippen LogP contribution is -2.61. The fourth-order valence-electron chi connectivity index (χ4n) is 6.78. The van der Waals surface area contributed by atoms with Crippen molar-refractivity contribution in [3.05, 3.63) is 0 Å². The van der Waals surface area contributed by atoms with E-state index in [-0.39, 0.29) is 41.8 Å². The Morgan fingerprint density at radius 1 is 1.03 bits per heavy atom. The topological polar surface area (TPSA) is 137 Å². The summed E-state index contributed by atoms with van der Waals surface area (Å²) < 4.78 is 31.7. The summed E-state index contributed by atoms with van der Waals surface area (Å²) in [4.78, 5) is 46.8. The van der Waals surface area contributed by atoms with Crippen LogP contribution < -0.4 is 21.3 Å². The zero-order valence-corrected chi connectivity index (χ0v) is 21.5. The van der Waals surface area contributed by atoms with E-state index in [2.05, 4.69) is 21.3 Å². The molecule has 0 aromatic rings. The maximum absolute atomic E-state index is 12.8. The molecule has 0 aromatic carbocycles. The molecule has 3 amide bonds. The summed E-state index contributed by atoms with van der Waals surface area (Å²) in [6.45, 7) is 4.87. The first-order valence-electron chi connectivity index (χ1n) is 13.2. The van der Waals surface area contributed by atoms with Gasteiger partial charge in [-0.3, -0.25) is 14.4 Å². The van der Waals surface area contributed by atoms with Crippen LogP contribution in [0.2, 0.25) is 0 Å². The van der Waals surface area contributed by atoms with E-state index in [0.717, 1.165) is 56.4 Å². The summed E-state index contributed by atoms with van der Waals surface area (Å²) in [6.07, 6.45) is 4.53. The Bertz CT molecular complexity index is 822. The standard InChI is InChI=1S/C23H38N4O3.C2HF3O2/c1-14(2)6-19(26-22(30)18-4-3-5-24-18)21(29)25-13-20(28)27-23-10-15-7-16(11-23)9-17(8-15)12-23;3-2(4,5)1(6)7/h14-19,24H,3-13H2,1-2H3,(H,25,29)(H,26,30)(H,27,28);(H,6,7)/t15?,16?,17?,18-,19-,23?;/m0./s1. The molecule has 5 rings (SSSR count). The number of halogens is 3. The number of carboxylic acid groups (broad SMARTS) is 1. The lowest BCUT2D eigenvalue weighted by atomic mass is 9.53. The van der Waals surface area contributed by atoms with Gasteiger partial charge in [0, 0.05) is 5.54 Å². The molecule has 0 radical (unpaired) electrons. The lowest BCUT2D eigenvalue weighted by Gasteiger charge is -2.56. The first-order chi connectivity index (χ1) is 17.3. The number of alkyl halides is 3. The van der Waals surface area contributed by atoms with Crippen LogP contribution in [0.25, 0.3) is 0 Å². The van der Waals surface area contributed by atoms with Gasteiger partial charge in [0.15, 0.2) is 0 Å². The van der Waals surface area contributed by atoms with E-state index in [0.29, 0.717) is 6.42 Å². The average Bonchev–Trinajstić information content (AvgIpc) is 3.30. The zero-order valence-electron chi connectivity index (χ0n) is 21.5. The number of amides is 3. The van der Waals surface area contributed by atoms with Gasteiger partial charge in [-0.05, 0) is 88.0 Å². The predicted octanol–water partition coefficient (Wildman–Crippen LogP) is 2.10. The van der Waals surface area contributed by atoms with E-state index in [1.165, 1.54) is 19.3 Å². The molecule has 4 bridgehead atoms. The summed E-state index contributed by atoms with van der Waals surface area (Å²) in [5.74, 6) is -0.687. The van der Waals surface area contributed by atoms with Crippen molar-refractivity contribution in [1.29, 1.82) is 0 Å². The smallest absolute Gasteiger partial charge is 0.475 e. The monoisotopic (exact) mass is 532 g/mol. The Hall–Kier alpha value is -2.37. The molecule has 9 nitrogen and oxygen atoms in total. The van der Waals surface area contributed by atoms with Gasteiger partial charge in [0.1, 0.15) is 6.04 Å². The molecule has 2 atom stereocenters. The number of nitrogens with one attached hydrogen (secondary N) is 4. The molecule has 0 aromatic heterocycles. The molecule has 5 N–H and O–H groups in total. The van der Waals surface area contributed by atoms with Gasteiger partial charge < -0.3 is 26.4 Å². The van der Waals surface area contributed by atoms with Crippen LogP contribution in [0.15, 0.2) is 0 Å². The second-order valence-corrected chi connectivity index (χ2v) is 11.6. The number of hydrogen-bond donors (Lipinski definition) is 5. The van der Waals surface area contributed by atoms with Gasteiger partial charge in [0.2, 0.25) is 17.7 Å². The van der Waals surface area contributed by atoms with E-state index < -0.39 is 18.2 Å². The van der Waals surface area contributed by atoms with Gasteiger partial charge in [0.05, 0.1) is 12.6 Å². The van der Waals surface area contributed by atoms with Crippen molar-refractivity contribution in [2.24, 2.45) is 23.7 Å². The highest BCUT2D eigenvalue weighted by Crippen LogP contribution is 2.55. The minimum absolute atomic E-state index is 0.0211. The van der Waals surface area contributed by atoms with E-state index >= 15 is 0 Å². The summed E-state index contributed by atoms with van der Waals surface area (Å²) >= 11 is 0. The number of aliphatic carboxylic acids is 1. The molecule has 37 heavy (non-hydrogen) atoms. The molecule has 4 saturated carbocycles. The summed E-state index contributed by atoms with van der Waals surface area (Å²) in [6, 6.07) is -0.820. The minimum Gasteiger partial charge on any atom is -0.475 e. The van der Waals surface area contributed by atoms with Crippen LogP contribution in [0, 0.1) is 23.7 Å². The van der Waals surface area contributed by atoms with Crippen molar-refractivity contribution in [3.8, 4) is 0 Å². The van der Waals surface area contributed by atoms with Crippen molar-refractivity contribution < 1.29 is 37.5 Å².